The van der Waals surface area contributed by atoms with Crippen molar-refractivity contribution in [1.29, 1.82) is 0 Å². The van der Waals surface area contributed by atoms with Crippen molar-refractivity contribution in [2.45, 2.75) is 40.2 Å². The molecule has 0 saturated heterocycles. The number of carbonyl (C=O) groups is 3. The van der Waals surface area contributed by atoms with E-state index in [9.17, 15) is 14.4 Å². The molecule has 22 heavy (non-hydrogen) atoms. The largest absolute Gasteiger partial charge is 0.480 e. The number of hydrogen-bond donors (Lipinski definition) is 3. The Morgan fingerprint density at radius 2 is 1.91 bits per heavy atom. The van der Waals surface area contributed by atoms with Gasteiger partial charge in [-0.3, -0.25) is 9.59 Å². The molecule has 0 aliphatic rings. The predicted octanol–water partition coefficient (Wildman–Crippen LogP) is 1.24. The van der Waals surface area contributed by atoms with Gasteiger partial charge >= 0.3 is 5.97 Å². The van der Waals surface area contributed by atoms with E-state index >= 15 is 0 Å². The molecule has 1 atom stereocenters. The molecule has 2 amide bonds. The van der Waals surface area contributed by atoms with Gasteiger partial charge in [-0.15, -0.1) is 0 Å². The molecule has 0 aliphatic heterocycles. The summed E-state index contributed by atoms with van der Waals surface area (Å²) in [6.45, 7) is 6.88. The van der Waals surface area contributed by atoms with Crippen LogP contribution < -0.4 is 10.6 Å². The highest BCUT2D eigenvalue weighted by Crippen LogP contribution is 2.13. The molecule has 1 aromatic heterocycles. The van der Waals surface area contributed by atoms with Crippen LogP contribution in [0.5, 0.6) is 0 Å². The van der Waals surface area contributed by atoms with Gasteiger partial charge < -0.3 is 20.2 Å². The first-order chi connectivity index (χ1) is 10.2. The summed E-state index contributed by atoms with van der Waals surface area (Å²) in [5, 5.41) is 13.9. The molecule has 0 spiro atoms. The number of aryl methyl sites for hydroxylation is 2. The van der Waals surface area contributed by atoms with Crippen molar-refractivity contribution in [2.75, 3.05) is 6.54 Å². The SMILES string of the molecule is Cc1cc(C)c(C(=O)NCC(=O)N[C@@H](CC(C)C)C(=O)O)o1. The van der Waals surface area contributed by atoms with Crippen molar-refractivity contribution >= 4 is 17.8 Å². The van der Waals surface area contributed by atoms with Crippen LogP contribution in [-0.4, -0.2) is 35.5 Å². The Bertz CT molecular complexity index is 562. The average molecular weight is 310 g/mol. The van der Waals surface area contributed by atoms with Gasteiger partial charge in [-0.2, -0.15) is 0 Å². The molecule has 1 heterocycles. The van der Waals surface area contributed by atoms with Crippen molar-refractivity contribution in [3.63, 3.8) is 0 Å². The highest BCUT2D eigenvalue weighted by atomic mass is 16.4. The van der Waals surface area contributed by atoms with Crippen LogP contribution in [0.1, 0.15) is 42.1 Å². The topological polar surface area (TPSA) is 109 Å². The number of carbonyl (C=O) groups excluding carboxylic acids is 2. The van der Waals surface area contributed by atoms with Gasteiger partial charge in [0, 0.05) is 5.56 Å². The van der Waals surface area contributed by atoms with E-state index in [2.05, 4.69) is 10.6 Å². The summed E-state index contributed by atoms with van der Waals surface area (Å²) in [6.07, 6.45) is 0.325. The predicted molar refractivity (Wildman–Crippen MR) is 79.5 cm³/mol. The fourth-order valence-corrected chi connectivity index (χ4v) is 2.05. The van der Waals surface area contributed by atoms with E-state index < -0.39 is 23.8 Å². The first-order valence-electron chi connectivity index (χ1n) is 7.08. The molecule has 122 valence electrons. The van der Waals surface area contributed by atoms with Gasteiger partial charge in [-0.05, 0) is 32.3 Å². The van der Waals surface area contributed by atoms with Gasteiger partial charge in [-0.1, -0.05) is 13.8 Å². The number of nitrogens with one attached hydrogen (secondary N) is 2. The summed E-state index contributed by atoms with van der Waals surface area (Å²) in [7, 11) is 0. The van der Waals surface area contributed by atoms with Crippen molar-refractivity contribution in [1.82, 2.24) is 10.6 Å². The minimum atomic E-state index is -1.09. The quantitative estimate of drug-likeness (QED) is 0.702. The highest BCUT2D eigenvalue weighted by Gasteiger charge is 2.22. The second kappa shape index (κ2) is 7.63. The van der Waals surface area contributed by atoms with Crippen LogP contribution in [0.3, 0.4) is 0 Å². The molecular weight excluding hydrogens is 288 g/mol. The van der Waals surface area contributed by atoms with E-state index in [-0.39, 0.29) is 18.2 Å². The van der Waals surface area contributed by atoms with E-state index in [1.807, 2.05) is 13.8 Å². The Morgan fingerprint density at radius 3 is 2.36 bits per heavy atom. The Balaban J connectivity index is 2.53. The molecule has 7 nitrogen and oxygen atoms in total. The monoisotopic (exact) mass is 310 g/mol. The van der Waals surface area contributed by atoms with Crippen LogP contribution in [0.25, 0.3) is 0 Å². The van der Waals surface area contributed by atoms with Crippen LogP contribution >= 0.6 is 0 Å². The summed E-state index contributed by atoms with van der Waals surface area (Å²) < 4.78 is 5.24. The second-order valence-electron chi connectivity index (χ2n) is 5.64. The summed E-state index contributed by atoms with van der Waals surface area (Å²) >= 11 is 0. The first-order valence-corrected chi connectivity index (χ1v) is 7.08. The molecule has 1 aromatic rings. The number of furan rings is 1. The molecule has 0 radical (unpaired) electrons. The molecule has 0 aromatic carbocycles. The molecule has 0 saturated carbocycles. The maximum absolute atomic E-state index is 11.9. The van der Waals surface area contributed by atoms with Gasteiger partial charge in [0.15, 0.2) is 5.76 Å². The summed E-state index contributed by atoms with van der Waals surface area (Å²) in [4.78, 5) is 34.7. The molecule has 0 bridgehead atoms. The van der Waals surface area contributed by atoms with Crippen LogP contribution in [0.4, 0.5) is 0 Å². The minimum absolute atomic E-state index is 0.129. The van der Waals surface area contributed by atoms with Crippen molar-refractivity contribution in [3.05, 3.63) is 23.2 Å². The Labute approximate surface area is 129 Å². The maximum Gasteiger partial charge on any atom is 0.326 e. The Hall–Kier alpha value is -2.31. The zero-order valence-electron chi connectivity index (χ0n) is 13.2. The smallest absolute Gasteiger partial charge is 0.326 e. The molecule has 0 unspecified atom stereocenters. The zero-order valence-corrected chi connectivity index (χ0v) is 13.2. The van der Waals surface area contributed by atoms with Gasteiger partial charge in [0.2, 0.25) is 5.91 Å². The Morgan fingerprint density at radius 1 is 1.27 bits per heavy atom. The third-order valence-electron chi connectivity index (χ3n) is 3.00. The van der Waals surface area contributed by atoms with E-state index in [4.69, 9.17) is 9.52 Å². The molecular formula is C15H22N2O5. The van der Waals surface area contributed by atoms with Gasteiger partial charge in [0.1, 0.15) is 11.8 Å². The third-order valence-corrected chi connectivity index (χ3v) is 3.00. The van der Waals surface area contributed by atoms with Crippen LogP contribution in [0, 0.1) is 19.8 Å². The highest BCUT2D eigenvalue weighted by molar-refractivity contribution is 5.95. The maximum atomic E-state index is 11.9. The number of amides is 2. The molecule has 0 aliphatic carbocycles. The lowest BCUT2D eigenvalue weighted by atomic mass is 10.0. The standard InChI is InChI=1S/C15H22N2O5/c1-8(2)5-11(15(20)21)17-12(18)7-16-14(19)13-9(3)6-10(4)22-13/h6,8,11H,5,7H2,1-4H3,(H,16,19)(H,17,18)(H,20,21)/t11-/m0/s1. The lowest BCUT2D eigenvalue weighted by molar-refractivity contribution is -0.142. The number of aliphatic carboxylic acids is 1. The molecule has 0 fully saturated rings. The fourth-order valence-electron chi connectivity index (χ4n) is 2.05. The summed E-state index contributed by atoms with van der Waals surface area (Å²) in [5.41, 5.74) is 0.679. The fraction of sp³-hybridized carbons (Fsp3) is 0.533. The second-order valence-corrected chi connectivity index (χ2v) is 5.64. The lowest BCUT2D eigenvalue weighted by Gasteiger charge is -2.16. The van der Waals surface area contributed by atoms with Gasteiger partial charge in [-0.25, -0.2) is 4.79 Å². The van der Waals surface area contributed by atoms with E-state index in [0.29, 0.717) is 17.7 Å². The zero-order chi connectivity index (χ0) is 16.9. The average Bonchev–Trinajstić information content (AvgIpc) is 2.73. The number of carboxylic acid groups (broad SMARTS) is 1. The summed E-state index contributed by atoms with van der Waals surface area (Å²) in [5.74, 6) is -1.26. The third kappa shape index (κ3) is 5.23. The lowest BCUT2D eigenvalue weighted by Crippen LogP contribution is -2.46. The number of carboxylic acids is 1. The van der Waals surface area contributed by atoms with Crippen LogP contribution in [-0.2, 0) is 9.59 Å². The first kappa shape index (κ1) is 17.7. The van der Waals surface area contributed by atoms with E-state index in [0.717, 1.165) is 0 Å². The normalized spacial score (nSPS) is 12.0. The van der Waals surface area contributed by atoms with Crippen molar-refractivity contribution in [3.8, 4) is 0 Å². The van der Waals surface area contributed by atoms with Crippen molar-refractivity contribution in [2.24, 2.45) is 5.92 Å². The van der Waals surface area contributed by atoms with Gasteiger partial charge in [0.25, 0.3) is 5.91 Å². The summed E-state index contributed by atoms with van der Waals surface area (Å²) in [6, 6.07) is 0.759. The number of hydrogen-bond acceptors (Lipinski definition) is 4. The van der Waals surface area contributed by atoms with E-state index in [1.165, 1.54) is 0 Å². The van der Waals surface area contributed by atoms with Crippen LogP contribution in [0.2, 0.25) is 0 Å². The molecule has 7 heteroatoms. The minimum Gasteiger partial charge on any atom is -0.480 e. The van der Waals surface area contributed by atoms with Crippen molar-refractivity contribution < 1.29 is 23.9 Å². The number of rotatable bonds is 7. The molecule has 3 N–H and O–H groups in total. The Kier molecular flexibility index (Phi) is 6.15. The van der Waals surface area contributed by atoms with Crippen LogP contribution in [0.15, 0.2) is 10.5 Å². The molecule has 1 rings (SSSR count). The van der Waals surface area contributed by atoms with Gasteiger partial charge in [0.05, 0.1) is 6.54 Å². The van der Waals surface area contributed by atoms with E-state index in [1.54, 1.807) is 19.9 Å².